The van der Waals surface area contributed by atoms with Gasteiger partial charge >= 0.3 is 0 Å². The van der Waals surface area contributed by atoms with E-state index in [1.165, 1.54) is 0 Å². The maximum atomic E-state index is 13.6. The SMILES string of the molecule is O=C1Cc2cc([N+](=O)[O-])cc(F)c2N1CCF. The van der Waals surface area contributed by atoms with Gasteiger partial charge in [0.1, 0.15) is 6.67 Å². The van der Waals surface area contributed by atoms with Crippen molar-refractivity contribution in [3.05, 3.63) is 33.6 Å². The van der Waals surface area contributed by atoms with Gasteiger partial charge in [0.05, 0.1) is 29.6 Å². The van der Waals surface area contributed by atoms with E-state index in [2.05, 4.69) is 0 Å². The molecule has 0 bridgehead atoms. The van der Waals surface area contributed by atoms with Crippen molar-refractivity contribution in [1.29, 1.82) is 0 Å². The van der Waals surface area contributed by atoms with Gasteiger partial charge in [-0.25, -0.2) is 8.78 Å². The molecule has 0 atom stereocenters. The summed E-state index contributed by atoms with van der Waals surface area (Å²) in [6, 6.07) is 1.89. The van der Waals surface area contributed by atoms with Crippen LogP contribution in [0.15, 0.2) is 12.1 Å². The minimum Gasteiger partial charge on any atom is -0.306 e. The third-order valence-electron chi connectivity index (χ3n) is 2.56. The summed E-state index contributed by atoms with van der Waals surface area (Å²) in [4.78, 5) is 22.2. The highest BCUT2D eigenvalue weighted by atomic mass is 19.1. The Bertz CT molecular complexity index is 505. The molecule has 1 aromatic rings. The standard InChI is InChI=1S/C10H8F2N2O3/c11-1-2-13-9(15)4-6-3-7(14(16)17)5-8(12)10(6)13/h3,5H,1-2,4H2. The molecule has 0 aromatic heterocycles. The third-order valence-corrected chi connectivity index (χ3v) is 2.56. The van der Waals surface area contributed by atoms with Crippen molar-refractivity contribution in [1.82, 2.24) is 0 Å². The molecule has 90 valence electrons. The first-order valence-corrected chi connectivity index (χ1v) is 4.87. The Morgan fingerprint density at radius 3 is 2.76 bits per heavy atom. The number of fused-ring (bicyclic) bond motifs is 1. The Morgan fingerprint density at radius 2 is 2.18 bits per heavy atom. The lowest BCUT2D eigenvalue weighted by molar-refractivity contribution is -0.385. The van der Waals surface area contributed by atoms with Crippen LogP contribution in [0, 0.1) is 15.9 Å². The van der Waals surface area contributed by atoms with Gasteiger partial charge in [-0.1, -0.05) is 0 Å². The summed E-state index contributed by atoms with van der Waals surface area (Å²) < 4.78 is 25.9. The van der Waals surface area contributed by atoms with E-state index in [-0.39, 0.29) is 24.2 Å². The van der Waals surface area contributed by atoms with Crippen molar-refractivity contribution in [2.75, 3.05) is 18.1 Å². The summed E-state index contributed by atoms with van der Waals surface area (Å²) in [7, 11) is 0. The molecule has 1 heterocycles. The smallest absolute Gasteiger partial charge is 0.272 e. The molecule has 0 fully saturated rings. The summed E-state index contributed by atoms with van der Waals surface area (Å²) in [5.74, 6) is -1.31. The molecule has 1 aliphatic heterocycles. The van der Waals surface area contributed by atoms with E-state index in [4.69, 9.17) is 0 Å². The molecular weight excluding hydrogens is 234 g/mol. The lowest BCUT2D eigenvalue weighted by Crippen LogP contribution is -2.29. The van der Waals surface area contributed by atoms with Gasteiger partial charge in [0, 0.05) is 6.07 Å². The van der Waals surface area contributed by atoms with Crippen LogP contribution in [0.1, 0.15) is 5.56 Å². The average Bonchev–Trinajstić information content (AvgIpc) is 2.56. The molecular formula is C10H8F2N2O3. The molecule has 0 saturated heterocycles. The largest absolute Gasteiger partial charge is 0.306 e. The van der Waals surface area contributed by atoms with E-state index in [9.17, 15) is 23.7 Å². The number of halogens is 2. The third kappa shape index (κ3) is 1.83. The van der Waals surface area contributed by atoms with E-state index in [0.717, 1.165) is 17.0 Å². The zero-order valence-corrected chi connectivity index (χ0v) is 8.65. The molecule has 17 heavy (non-hydrogen) atoms. The second-order valence-electron chi connectivity index (χ2n) is 3.60. The number of alkyl halides is 1. The molecule has 5 nitrogen and oxygen atoms in total. The number of non-ortho nitro benzene ring substituents is 1. The Labute approximate surface area is 94.8 Å². The van der Waals surface area contributed by atoms with Crippen LogP contribution in [-0.4, -0.2) is 24.0 Å². The van der Waals surface area contributed by atoms with Crippen LogP contribution in [0.25, 0.3) is 0 Å². The first-order valence-electron chi connectivity index (χ1n) is 4.87. The quantitative estimate of drug-likeness (QED) is 0.597. The average molecular weight is 242 g/mol. The van der Waals surface area contributed by atoms with Gasteiger partial charge in [0.25, 0.3) is 5.69 Å². The highest BCUT2D eigenvalue weighted by Crippen LogP contribution is 2.34. The summed E-state index contributed by atoms with van der Waals surface area (Å²) in [5, 5.41) is 10.5. The summed E-state index contributed by atoms with van der Waals surface area (Å²) in [6.45, 7) is -1.03. The molecule has 0 radical (unpaired) electrons. The molecule has 0 saturated carbocycles. The fraction of sp³-hybridized carbons (Fsp3) is 0.300. The topological polar surface area (TPSA) is 63.4 Å². The number of amides is 1. The van der Waals surface area contributed by atoms with E-state index < -0.39 is 29.0 Å². The molecule has 0 aliphatic carbocycles. The molecule has 0 spiro atoms. The van der Waals surface area contributed by atoms with Crippen LogP contribution in [0.3, 0.4) is 0 Å². The summed E-state index contributed by atoms with van der Waals surface area (Å²) in [6.07, 6.45) is -0.131. The van der Waals surface area contributed by atoms with Gasteiger partial charge in [-0.3, -0.25) is 14.9 Å². The Morgan fingerprint density at radius 1 is 1.47 bits per heavy atom. The number of nitro benzene ring substituents is 1. The van der Waals surface area contributed by atoms with Crippen LogP contribution < -0.4 is 4.90 Å². The van der Waals surface area contributed by atoms with Crippen molar-refractivity contribution in [3.63, 3.8) is 0 Å². The fourth-order valence-electron chi connectivity index (χ4n) is 1.89. The van der Waals surface area contributed by atoms with Crippen LogP contribution >= 0.6 is 0 Å². The minimum atomic E-state index is -0.867. The predicted octanol–water partition coefficient (Wildman–Crippen LogP) is 1.59. The number of nitrogens with zero attached hydrogens (tertiary/aromatic N) is 2. The van der Waals surface area contributed by atoms with Crippen molar-refractivity contribution in [2.45, 2.75) is 6.42 Å². The van der Waals surface area contributed by atoms with Crippen molar-refractivity contribution < 1.29 is 18.5 Å². The van der Waals surface area contributed by atoms with E-state index >= 15 is 0 Å². The van der Waals surface area contributed by atoms with Gasteiger partial charge in [-0.15, -0.1) is 0 Å². The van der Waals surface area contributed by atoms with Gasteiger partial charge < -0.3 is 4.90 Å². The van der Waals surface area contributed by atoms with Crippen LogP contribution in [0.4, 0.5) is 20.2 Å². The van der Waals surface area contributed by atoms with Crippen LogP contribution in [0.2, 0.25) is 0 Å². The van der Waals surface area contributed by atoms with Gasteiger partial charge in [0.15, 0.2) is 5.82 Å². The molecule has 7 heteroatoms. The minimum absolute atomic E-state index is 0.0433. The van der Waals surface area contributed by atoms with Crippen molar-refractivity contribution in [2.24, 2.45) is 0 Å². The first-order chi connectivity index (χ1) is 8.04. The maximum absolute atomic E-state index is 13.6. The highest BCUT2D eigenvalue weighted by molar-refractivity contribution is 6.01. The zero-order chi connectivity index (χ0) is 12.6. The van der Waals surface area contributed by atoms with Gasteiger partial charge in [-0.05, 0) is 5.56 Å². The molecule has 0 N–H and O–H groups in total. The van der Waals surface area contributed by atoms with E-state index in [0.29, 0.717) is 0 Å². The van der Waals surface area contributed by atoms with Crippen molar-refractivity contribution in [3.8, 4) is 0 Å². The van der Waals surface area contributed by atoms with E-state index in [1.807, 2.05) is 0 Å². The number of carbonyl (C=O) groups excluding carboxylic acids is 1. The number of rotatable bonds is 3. The number of nitro groups is 1. The van der Waals surface area contributed by atoms with Gasteiger partial charge in [0.2, 0.25) is 5.91 Å². The monoisotopic (exact) mass is 242 g/mol. The molecule has 1 aromatic carbocycles. The van der Waals surface area contributed by atoms with E-state index in [1.54, 1.807) is 0 Å². The van der Waals surface area contributed by atoms with Gasteiger partial charge in [-0.2, -0.15) is 0 Å². The van der Waals surface area contributed by atoms with Crippen LogP contribution in [0.5, 0.6) is 0 Å². The lowest BCUT2D eigenvalue weighted by atomic mass is 10.1. The molecule has 0 unspecified atom stereocenters. The summed E-state index contributed by atoms with van der Waals surface area (Å²) in [5.41, 5.74) is -0.218. The normalized spacial score (nSPS) is 14.0. The Hall–Kier alpha value is -2.05. The number of benzene rings is 1. The first kappa shape index (κ1) is 11.4. The fourth-order valence-corrected chi connectivity index (χ4v) is 1.89. The number of hydrogen-bond acceptors (Lipinski definition) is 3. The lowest BCUT2D eigenvalue weighted by Gasteiger charge is -2.15. The summed E-state index contributed by atoms with van der Waals surface area (Å²) >= 11 is 0. The Kier molecular flexibility index (Phi) is 2.74. The molecule has 2 rings (SSSR count). The highest BCUT2D eigenvalue weighted by Gasteiger charge is 2.32. The predicted molar refractivity (Wildman–Crippen MR) is 55.1 cm³/mol. The molecule has 1 amide bonds. The number of carbonyl (C=O) groups is 1. The zero-order valence-electron chi connectivity index (χ0n) is 8.65. The number of hydrogen-bond donors (Lipinski definition) is 0. The number of anilines is 1. The molecule has 1 aliphatic rings. The van der Waals surface area contributed by atoms with Crippen LogP contribution in [-0.2, 0) is 11.2 Å². The maximum Gasteiger partial charge on any atom is 0.272 e. The second kappa shape index (κ2) is 4.08. The second-order valence-corrected chi connectivity index (χ2v) is 3.60. The van der Waals surface area contributed by atoms with Crippen molar-refractivity contribution >= 4 is 17.3 Å². The Balaban J connectivity index is 2.50.